The van der Waals surface area contributed by atoms with Crippen LogP contribution in [0.25, 0.3) is 0 Å². The lowest BCUT2D eigenvalue weighted by atomic mass is 10.2. The van der Waals surface area contributed by atoms with Crippen LogP contribution in [0, 0.1) is 11.3 Å². The molecule has 0 aromatic heterocycles. The lowest BCUT2D eigenvalue weighted by molar-refractivity contribution is -0.274. The van der Waals surface area contributed by atoms with E-state index < -0.39 is 31.6 Å². The summed E-state index contributed by atoms with van der Waals surface area (Å²) in [5, 5.41) is 8.68. The number of nitrogens with zero attached hydrogens (tertiary/aromatic N) is 1. The Morgan fingerprint density at radius 2 is 1.94 bits per heavy atom. The van der Waals surface area contributed by atoms with Crippen LogP contribution in [-0.2, 0) is 9.05 Å². The molecule has 0 aliphatic heterocycles. The van der Waals surface area contributed by atoms with Gasteiger partial charge in [-0.25, -0.2) is 8.42 Å². The number of hydrogen-bond acceptors (Lipinski definition) is 4. The molecule has 18 heavy (non-hydrogen) atoms. The van der Waals surface area contributed by atoms with Crippen molar-refractivity contribution in [3.63, 3.8) is 0 Å². The van der Waals surface area contributed by atoms with Gasteiger partial charge < -0.3 is 4.74 Å². The van der Waals surface area contributed by atoms with E-state index in [9.17, 15) is 21.6 Å². The van der Waals surface area contributed by atoms with Gasteiger partial charge in [0.05, 0.1) is 4.90 Å². The Hall–Kier alpha value is -0.980. The van der Waals surface area contributed by atoms with Crippen LogP contribution in [0.4, 0.5) is 13.2 Å². The number of alkyl halides is 3. The van der Waals surface area contributed by atoms with Crippen molar-refractivity contribution in [1.29, 1.82) is 5.26 Å². The molecule has 98 valence electrons. The van der Waals surface area contributed by atoms with E-state index in [0.29, 0.717) is 6.07 Å². The second-order valence-corrected chi connectivity index (χ2v) is 6.30. The smallest absolute Gasteiger partial charge is 0.404 e. The molecule has 0 saturated carbocycles. The van der Waals surface area contributed by atoms with Gasteiger partial charge in [-0.3, -0.25) is 0 Å². The summed E-state index contributed by atoms with van der Waals surface area (Å²) in [5.74, 6) is -0.946. The first-order valence-corrected chi connectivity index (χ1v) is 7.09. The van der Waals surface area contributed by atoms with Crippen LogP contribution in [-0.4, -0.2) is 14.8 Å². The Morgan fingerprint density at radius 1 is 1.39 bits per heavy atom. The zero-order valence-electron chi connectivity index (χ0n) is 8.12. The fraction of sp³-hybridized carbons (Fsp3) is 0.125. The Balaban J connectivity index is 3.48. The Kier molecular flexibility index (Phi) is 4.15. The van der Waals surface area contributed by atoms with Crippen molar-refractivity contribution >= 4 is 35.7 Å². The number of nitriles is 1. The average Bonchev–Trinajstić information content (AvgIpc) is 2.13. The second-order valence-electron chi connectivity index (χ2n) is 2.88. The largest absolute Gasteiger partial charge is 0.573 e. The standard InChI is InChI=1S/C8H2BrClF3NO3S/c9-6-1-4(18(10,15)16)2-7(5(6)3-14)17-8(11,12)13/h1-2H. The zero-order valence-corrected chi connectivity index (χ0v) is 11.3. The van der Waals surface area contributed by atoms with Gasteiger partial charge in [0.25, 0.3) is 9.05 Å². The summed E-state index contributed by atoms with van der Waals surface area (Å²) < 4.78 is 61.7. The first-order valence-electron chi connectivity index (χ1n) is 3.98. The number of benzene rings is 1. The second kappa shape index (κ2) is 4.95. The van der Waals surface area contributed by atoms with Crippen molar-refractivity contribution in [2.45, 2.75) is 11.3 Å². The van der Waals surface area contributed by atoms with Gasteiger partial charge in [-0.15, -0.1) is 13.2 Å². The minimum Gasteiger partial charge on any atom is -0.404 e. The van der Waals surface area contributed by atoms with Crippen molar-refractivity contribution < 1.29 is 26.3 Å². The molecular formula is C8H2BrClF3NO3S. The molecule has 0 N–H and O–H groups in total. The van der Waals surface area contributed by atoms with E-state index in [0.717, 1.165) is 6.07 Å². The Morgan fingerprint density at radius 3 is 2.33 bits per heavy atom. The highest BCUT2D eigenvalue weighted by atomic mass is 79.9. The SMILES string of the molecule is N#Cc1c(Br)cc(S(=O)(=O)Cl)cc1OC(F)(F)F. The molecule has 10 heteroatoms. The van der Waals surface area contributed by atoms with Crippen LogP contribution in [0.2, 0.25) is 0 Å². The van der Waals surface area contributed by atoms with Gasteiger partial charge >= 0.3 is 6.36 Å². The first kappa shape index (κ1) is 15.1. The summed E-state index contributed by atoms with van der Waals surface area (Å²) in [6.45, 7) is 0. The number of rotatable bonds is 2. The van der Waals surface area contributed by atoms with E-state index in [-0.39, 0.29) is 4.47 Å². The fourth-order valence-electron chi connectivity index (χ4n) is 1.01. The highest BCUT2D eigenvalue weighted by Crippen LogP contribution is 2.34. The number of ether oxygens (including phenoxy) is 1. The van der Waals surface area contributed by atoms with Crippen LogP contribution in [0.3, 0.4) is 0 Å². The molecule has 0 aliphatic carbocycles. The molecular weight excluding hydrogens is 363 g/mol. The predicted molar refractivity (Wildman–Crippen MR) is 58.6 cm³/mol. The Bertz CT molecular complexity index is 624. The van der Waals surface area contributed by atoms with Gasteiger partial charge in [0.2, 0.25) is 0 Å². The molecule has 1 aromatic rings. The molecule has 0 spiro atoms. The molecule has 1 aromatic carbocycles. The fourth-order valence-corrected chi connectivity index (χ4v) is 2.47. The molecule has 0 amide bonds. The van der Waals surface area contributed by atoms with Gasteiger partial charge in [-0.1, -0.05) is 0 Å². The average molecular weight is 365 g/mol. The van der Waals surface area contributed by atoms with Crippen LogP contribution in [0.5, 0.6) is 5.75 Å². The molecule has 0 atom stereocenters. The van der Waals surface area contributed by atoms with Crippen LogP contribution < -0.4 is 4.74 Å². The van der Waals surface area contributed by atoms with Crippen LogP contribution in [0.15, 0.2) is 21.5 Å². The van der Waals surface area contributed by atoms with E-state index >= 15 is 0 Å². The maximum Gasteiger partial charge on any atom is 0.573 e. The molecule has 0 fully saturated rings. The summed E-state index contributed by atoms with van der Waals surface area (Å²) in [7, 11) is 0.758. The Labute approximate surface area is 112 Å². The van der Waals surface area contributed by atoms with Gasteiger partial charge in [-0.2, -0.15) is 5.26 Å². The predicted octanol–water partition coefficient (Wildman–Crippen LogP) is 3.15. The van der Waals surface area contributed by atoms with Crippen molar-refractivity contribution in [3.8, 4) is 11.8 Å². The lowest BCUT2D eigenvalue weighted by Gasteiger charge is -2.12. The number of halogens is 5. The molecule has 0 saturated heterocycles. The minimum absolute atomic E-state index is 0.175. The highest BCUT2D eigenvalue weighted by Gasteiger charge is 2.33. The van der Waals surface area contributed by atoms with Gasteiger partial charge in [0.15, 0.2) is 0 Å². The summed E-state index contributed by atoms with van der Waals surface area (Å²) >= 11 is 2.77. The van der Waals surface area contributed by atoms with E-state index in [1.54, 1.807) is 0 Å². The summed E-state index contributed by atoms with van der Waals surface area (Å²) in [5.41, 5.74) is -0.489. The molecule has 0 bridgehead atoms. The third-order valence-corrected chi connectivity index (χ3v) is 3.61. The van der Waals surface area contributed by atoms with E-state index in [1.165, 1.54) is 6.07 Å². The van der Waals surface area contributed by atoms with Crippen molar-refractivity contribution in [1.82, 2.24) is 0 Å². The van der Waals surface area contributed by atoms with Crippen molar-refractivity contribution in [2.75, 3.05) is 0 Å². The molecule has 0 heterocycles. The normalized spacial score (nSPS) is 12.0. The van der Waals surface area contributed by atoms with Gasteiger partial charge in [-0.05, 0) is 22.0 Å². The molecule has 1 rings (SSSR count). The van der Waals surface area contributed by atoms with Crippen LogP contribution in [0.1, 0.15) is 5.56 Å². The van der Waals surface area contributed by atoms with Crippen molar-refractivity contribution in [2.24, 2.45) is 0 Å². The minimum atomic E-state index is -5.06. The lowest BCUT2D eigenvalue weighted by Crippen LogP contribution is -2.18. The van der Waals surface area contributed by atoms with Gasteiger partial charge in [0.1, 0.15) is 17.4 Å². The maximum absolute atomic E-state index is 12.1. The highest BCUT2D eigenvalue weighted by molar-refractivity contribution is 9.10. The molecule has 4 nitrogen and oxygen atoms in total. The quantitative estimate of drug-likeness (QED) is 0.756. The molecule has 0 radical (unpaired) electrons. The molecule has 0 aliphatic rings. The third-order valence-electron chi connectivity index (χ3n) is 1.65. The summed E-state index contributed by atoms with van der Waals surface area (Å²) in [6, 6.07) is 2.89. The van der Waals surface area contributed by atoms with Crippen molar-refractivity contribution in [3.05, 3.63) is 22.2 Å². The third kappa shape index (κ3) is 3.76. The topological polar surface area (TPSA) is 67.2 Å². The van der Waals surface area contributed by atoms with Gasteiger partial charge in [0, 0.05) is 21.2 Å². The summed E-state index contributed by atoms with van der Waals surface area (Å²) in [4.78, 5) is -0.616. The van der Waals surface area contributed by atoms with E-state index in [1.807, 2.05) is 0 Å². The summed E-state index contributed by atoms with van der Waals surface area (Å²) in [6.07, 6.45) is -5.06. The monoisotopic (exact) mass is 363 g/mol. The van der Waals surface area contributed by atoms with Crippen LogP contribution >= 0.6 is 26.6 Å². The zero-order chi connectivity index (χ0) is 14.1. The first-order chi connectivity index (χ1) is 8.04. The van der Waals surface area contributed by atoms with E-state index in [4.69, 9.17) is 15.9 Å². The van der Waals surface area contributed by atoms with E-state index in [2.05, 4.69) is 20.7 Å². The maximum atomic E-state index is 12.1. The molecule has 0 unspecified atom stereocenters. The number of hydrogen-bond donors (Lipinski definition) is 0.